The summed E-state index contributed by atoms with van der Waals surface area (Å²) in [7, 11) is 0. The fourth-order valence-corrected chi connectivity index (χ4v) is 3.79. The number of nitrogens with zero attached hydrogens (tertiary/aromatic N) is 3. The number of nitrogens with one attached hydrogen (secondary N) is 2. The van der Waals surface area contributed by atoms with Gasteiger partial charge in [0.25, 0.3) is 0 Å². The van der Waals surface area contributed by atoms with Gasteiger partial charge in [0.1, 0.15) is 11.5 Å². The summed E-state index contributed by atoms with van der Waals surface area (Å²) in [5, 5.41) is 7.74. The summed E-state index contributed by atoms with van der Waals surface area (Å²) in [5.41, 5.74) is 2.08. The topological polar surface area (TPSA) is 80.7 Å². The molecule has 3 aromatic rings. The lowest BCUT2D eigenvalue weighted by atomic mass is 10.2. The highest BCUT2D eigenvalue weighted by Gasteiger charge is 2.06. The maximum atomic E-state index is 5.88. The zero-order valence-electron chi connectivity index (χ0n) is 18.4. The van der Waals surface area contributed by atoms with E-state index in [1.807, 2.05) is 57.2 Å². The number of aliphatic imine (C=N–C) groups is 1. The van der Waals surface area contributed by atoms with Crippen molar-refractivity contribution in [3.05, 3.63) is 63.7 Å². The molecule has 2 heterocycles. The normalized spacial score (nSPS) is 11.3. The van der Waals surface area contributed by atoms with Crippen molar-refractivity contribution in [3.8, 4) is 17.4 Å². The molecular weight excluding hydrogens is 410 g/mol. The van der Waals surface area contributed by atoms with E-state index in [9.17, 15) is 0 Å². The van der Waals surface area contributed by atoms with Crippen LogP contribution in [0.25, 0.3) is 0 Å². The SMILES string of the molecule is CCNC(=NCc1ccnc(Oc2ccc(OCC)cc2)c1)NCc1sc(C)nc1C. The number of rotatable bonds is 9. The van der Waals surface area contributed by atoms with Gasteiger partial charge in [0.05, 0.1) is 30.4 Å². The van der Waals surface area contributed by atoms with Crippen molar-refractivity contribution in [1.29, 1.82) is 0 Å². The molecule has 2 aromatic heterocycles. The number of pyridine rings is 1. The highest BCUT2D eigenvalue weighted by Crippen LogP contribution is 2.23. The van der Waals surface area contributed by atoms with Crippen molar-refractivity contribution in [1.82, 2.24) is 20.6 Å². The summed E-state index contributed by atoms with van der Waals surface area (Å²) in [6.07, 6.45) is 1.73. The van der Waals surface area contributed by atoms with Crippen LogP contribution in [0.4, 0.5) is 0 Å². The van der Waals surface area contributed by atoms with E-state index >= 15 is 0 Å². The Morgan fingerprint density at radius 1 is 1.06 bits per heavy atom. The Labute approximate surface area is 187 Å². The van der Waals surface area contributed by atoms with Crippen molar-refractivity contribution in [3.63, 3.8) is 0 Å². The second kappa shape index (κ2) is 11.3. The van der Waals surface area contributed by atoms with Crippen LogP contribution in [0, 0.1) is 13.8 Å². The number of guanidine groups is 1. The molecule has 8 heteroatoms. The Morgan fingerprint density at radius 2 is 1.84 bits per heavy atom. The number of aromatic nitrogens is 2. The van der Waals surface area contributed by atoms with Gasteiger partial charge in [-0.3, -0.25) is 0 Å². The van der Waals surface area contributed by atoms with Gasteiger partial charge in [0.15, 0.2) is 5.96 Å². The molecular formula is C23H29N5O2S. The number of benzene rings is 1. The van der Waals surface area contributed by atoms with Gasteiger partial charge in [-0.05, 0) is 63.6 Å². The van der Waals surface area contributed by atoms with Crippen molar-refractivity contribution in [2.75, 3.05) is 13.2 Å². The Kier molecular flexibility index (Phi) is 8.23. The van der Waals surface area contributed by atoms with Gasteiger partial charge in [-0.1, -0.05) is 0 Å². The summed E-state index contributed by atoms with van der Waals surface area (Å²) in [6.45, 7) is 10.7. The van der Waals surface area contributed by atoms with Crippen LogP contribution in [0.2, 0.25) is 0 Å². The average molecular weight is 440 g/mol. The molecule has 0 unspecified atom stereocenters. The van der Waals surface area contributed by atoms with Crippen LogP contribution >= 0.6 is 11.3 Å². The maximum absolute atomic E-state index is 5.88. The molecule has 0 spiro atoms. The van der Waals surface area contributed by atoms with Crippen LogP contribution in [0.3, 0.4) is 0 Å². The van der Waals surface area contributed by atoms with E-state index in [0.717, 1.165) is 34.5 Å². The fourth-order valence-electron chi connectivity index (χ4n) is 2.91. The monoisotopic (exact) mass is 439 g/mol. The Hall–Kier alpha value is -3.13. The number of ether oxygens (including phenoxy) is 2. The minimum atomic E-state index is 0.512. The minimum Gasteiger partial charge on any atom is -0.494 e. The van der Waals surface area contributed by atoms with Crippen LogP contribution in [0.5, 0.6) is 17.4 Å². The average Bonchev–Trinajstić information content (AvgIpc) is 3.09. The quantitative estimate of drug-likeness (QED) is 0.375. The van der Waals surface area contributed by atoms with Crippen LogP contribution in [-0.2, 0) is 13.1 Å². The standard InChI is InChI=1S/C23H29N5O2S/c1-5-24-23(27-15-21-16(3)28-17(4)31-21)26-14-18-11-12-25-22(13-18)30-20-9-7-19(8-10-20)29-6-2/h7-13H,5-6,14-15H2,1-4H3,(H2,24,26,27). The highest BCUT2D eigenvalue weighted by molar-refractivity contribution is 7.11. The molecule has 7 nitrogen and oxygen atoms in total. The molecule has 0 saturated carbocycles. The summed E-state index contributed by atoms with van der Waals surface area (Å²) in [6, 6.07) is 11.3. The summed E-state index contributed by atoms with van der Waals surface area (Å²) in [4.78, 5) is 14.7. The molecule has 1 aromatic carbocycles. The third-order valence-electron chi connectivity index (χ3n) is 4.34. The first-order valence-electron chi connectivity index (χ1n) is 10.4. The molecule has 2 N–H and O–H groups in total. The molecule has 0 fully saturated rings. The number of aryl methyl sites for hydroxylation is 2. The van der Waals surface area contributed by atoms with Gasteiger partial charge in [-0.15, -0.1) is 11.3 Å². The molecule has 0 radical (unpaired) electrons. The third-order valence-corrected chi connectivity index (χ3v) is 5.41. The van der Waals surface area contributed by atoms with Gasteiger partial charge >= 0.3 is 0 Å². The van der Waals surface area contributed by atoms with E-state index in [0.29, 0.717) is 31.3 Å². The smallest absolute Gasteiger partial charge is 0.219 e. The summed E-state index contributed by atoms with van der Waals surface area (Å²) in [5.74, 6) is 2.82. The molecule has 0 amide bonds. The lowest BCUT2D eigenvalue weighted by molar-refractivity contribution is 0.339. The molecule has 0 aliphatic rings. The van der Waals surface area contributed by atoms with Crippen molar-refractivity contribution in [2.45, 2.75) is 40.8 Å². The van der Waals surface area contributed by atoms with E-state index in [4.69, 9.17) is 14.5 Å². The molecule has 0 saturated heterocycles. The van der Waals surface area contributed by atoms with E-state index in [1.54, 1.807) is 17.5 Å². The number of hydrogen-bond acceptors (Lipinski definition) is 6. The van der Waals surface area contributed by atoms with Crippen molar-refractivity contribution < 1.29 is 9.47 Å². The lowest BCUT2D eigenvalue weighted by Crippen LogP contribution is -2.36. The maximum Gasteiger partial charge on any atom is 0.219 e. The van der Waals surface area contributed by atoms with Gasteiger partial charge in [-0.2, -0.15) is 0 Å². The van der Waals surface area contributed by atoms with Crippen molar-refractivity contribution >= 4 is 17.3 Å². The van der Waals surface area contributed by atoms with Gasteiger partial charge < -0.3 is 20.1 Å². The van der Waals surface area contributed by atoms with E-state index in [2.05, 4.69) is 27.5 Å². The summed E-state index contributed by atoms with van der Waals surface area (Å²) >= 11 is 1.71. The van der Waals surface area contributed by atoms with E-state index in [-0.39, 0.29) is 0 Å². The Morgan fingerprint density at radius 3 is 2.52 bits per heavy atom. The first-order valence-corrected chi connectivity index (χ1v) is 11.2. The Bertz CT molecular complexity index is 1000. The largest absolute Gasteiger partial charge is 0.494 e. The number of hydrogen-bond donors (Lipinski definition) is 2. The molecule has 0 bridgehead atoms. The molecule has 0 aliphatic heterocycles. The fraction of sp³-hybridized carbons (Fsp3) is 0.348. The zero-order chi connectivity index (χ0) is 22.1. The van der Waals surface area contributed by atoms with Gasteiger partial charge in [-0.25, -0.2) is 15.0 Å². The first kappa shape index (κ1) is 22.6. The third kappa shape index (κ3) is 6.96. The summed E-state index contributed by atoms with van der Waals surface area (Å²) < 4.78 is 11.3. The molecule has 3 rings (SSSR count). The second-order valence-electron chi connectivity index (χ2n) is 6.80. The van der Waals surface area contributed by atoms with Crippen LogP contribution in [0.1, 0.15) is 35.0 Å². The van der Waals surface area contributed by atoms with Crippen LogP contribution in [-0.4, -0.2) is 29.1 Å². The number of thiazole rings is 1. The van der Waals surface area contributed by atoms with Crippen LogP contribution in [0.15, 0.2) is 47.6 Å². The minimum absolute atomic E-state index is 0.512. The zero-order valence-corrected chi connectivity index (χ0v) is 19.3. The van der Waals surface area contributed by atoms with Crippen LogP contribution < -0.4 is 20.1 Å². The predicted octanol–water partition coefficient (Wildman–Crippen LogP) is 4.60. The molecule has 164 valence electrons. The molecule has 0 atom stereocenters. The predicted molar refractivity (Wildman–Crippen MR) is 125 cm³/mol. The highest BCUT2D eigenvalue weighted by atomic mass is 32.1. The molecule has 31 heavy (non-hydrogen) atoms. The van der Waals surface area contributed by atoms with Gasteiger partial charge in [0, 0.05) is 23.7 Å². The van der Waals surface area contributed by atoms with E-state index < -0.39 is 0 Å². The molecule has 0 aliphatic carbocycles. The van der Waals surface area contributed by atoms with E-state index in [1.165, 1.54) is 4.88 Å². The van der Waals surface area contributed by atoms with Crippen molar-refractivity contribution in [2.24, 2.45) is 4.99 Å². The Balaban J connectivity index is 1.62. The first-order chi connectivity index (χ1) is 15.1. The second-order valence-corrected chi connectivity index (χ2v) is 8.09. The lowest BCUT2D eigenvalue weighted by Gasteiger charge is -2.11. The van der Waals surface area contributed by atoms with Gasteiger partial charge in [0.2, 0.25) is 5.88 Å².